The van der Waals surface area contributed by atoms with Crippen LogP contribution in [0.1, 0.15) is 33.1 Å². The molecule has 2 aromatic rings. The van der Waals surface area contributed by atoms with Crippen LogP contribution in [-0.2, 0) is 9.59 Å². The molecule has 0 unspecified atom stereocenters. The molecular formula is C21H29N7O3. The summed E-state index contributed by atoms with van der Waals surface area (Å²) in [6, 6.07) is 9.25. The molecule has 1 amide bonds. The number of azo groups is 1. The summed E-state index contributed by atoms with van der Waals surface area (Å²) in [7, 11) is 0. The highest BCUT2D eigenvalue weighted by molar-refractivity contribution is 5.94. The van der Waals surface area contributed by atoms with E-state index in [9.17, 15) is 9.59 Å². The topological polar surface area (TPSA) is 171 Å². The Morgan fingerprint density at radius 3 is 2.48 bits per heavy atom. The number of benzene rings is 1. The second kappa shape index (κ2) is 11.7. The molecule has 1 aromatic heterocycles. The van der Waals surface area contributed by atoms with Crippen molar-refractivity contribution in [2.24, 2.45) is 27.6 Å². The van der Waals surface area contributed by atoms with Gasteiger partial charge >= 0.3 is 5.97 Å². The van der Waals surface area contributed by atoms with Crippen LogP contribution >= 0.6 is 0 Å². The number of nitrogens with one attached hydrogen (secondary N) is 1. The summed E-state index contributed by atoms with van der Waals surface area (Å²) in [5, 5.41) is 10.8. The molecule has 0 radical (unpaired) electrons. The fraction of sp³-hybridized carbons (Fsp3) is 0.381. The maximum atomic E-state index is 12.2. The number of ether oxygens (including phenoxy) is 1. The molecule has 0 fully saturated rings. The minimum absolute atomic E-state index is 0.0786. The van der Waals surface area contributed by atoms with Crippen molar-refractivity contribution in [1.29, 1.82) is 0 Å². The number of unbranched alkanes of at least 4 members (excludes halogenated alkanes) is 1. The number of pyridine rings is 1. The third kappa shape index (κ3) is 7.43. The van der Waals surface area contributed by atoms with Gasteiger partial charge in [0.2, 0.25) is 5.91 Å². The Kier molecular flexibility index (Phi) is 9.04. The number of aromatic nitrogens is 1. The zero-order valence-corrected chi connectivity index (χ0v) is 17.7. The molecule has 1 atom stereocenters. The van der Waals surface area contributed by atoms with Gasteiger partial charge in [-0.25, -0.2) is 4.98 Å². The zero-order valence-electron chi connectivity index (χ0n) is 17.7. The van der Waals surface area contributed by atoms with E-state index in [4.69, 9.17) is 21.9 Å². The van der Waals surface area contributed by atoms with Crippen LogP contribution in [0.3, 0.4) is 0 Å². The Morgan fingerprint density at radius 1 is 1.10 bits per heavy atom. The van der Waals surface area contributed by atoms with Crippen molar-refractivity contribution in [2.45, 2.75) is 39.2 Å². The lowest BCUT2D eigenvalue weighted by molar-refractivity contribution is -0.137. The Labute approximate surface area is 181 Å². The van der Waals surface area contributed by atoms with Crippen LogP contribution in [0.2, 0.25) is 0 Å². The number of carbonyl (C=O) groups is 2. The van der Waals surface area contributed by atoms with E-state index in [0.29, 0.717) is 30.1 Å². The Hall–Kier alpha value is -3.37. The van der Waals surface area contributed by atoms with E-state index in [1.165, 1.54) is 0 Å². The molecule has 0 saturated carbocycles. The average Bonchev–Trinajstić information content (AvgIpc) is 2.74. The fourth-order valence-electron chi connectivity index (χ4n) is 2.44. The van der Waals surface area contributed by atoms with E-state index in [2.05, 4.69) is 20.5 Å². The summed E-state index contributed by atoms with van der Waals surface area (Å²) in [5.74, 6) is -0.355. The van der Waals surface area contributed by atoms with Gasteiger partial charge in [-0.1, -0.05) is 32.4 Å². The predicted octanol–water partition coefficient (Wildman–Crippen LogP) is 3.04. The van der Waals surface area contributed by atoms with E-state index in [1.54, 1.807) is 50.2 Å². The largest absolute Gasteiger partial charge is 0.424 e. The lowest BCUT2D eigenvalue weighted by atomic mass is 10.1. The highest BCUT2D eigenvalue weighted by Crippen LogP contribution is 2.31. The number of hydrogen-bond donors (Lipinski definition) is 4. The first-order valence-corrected chi connectivity index (χ1v) is 10.1. The Balaban J connectivity index is 2.07. The highest BCUT2D eigenvalue weighted by Gasteiger charge is 2.15. The molecule has 0 aliphatic carbocycles. The van der Waals surface area contributed by atoms with Gasteiger partial charge in [0.05, 0.1) is 12.0 Å². The van der Waals surface area contributed by atoms with Gasteiger partial charge in [-0.05, 0) is 43.7 Å². The van der Waals surface area contributed by atoms with Gasteiger partial charge in [0.1, 0.15) is 17.2 Å². The molecule has 31 heavy (non-hydrogen) atoms. The Bertz CT molecular complexity index is 931. The normalized spacial score (nSPS) is 12.2. The average molecular weight is 428 g/mol. The summed E-state index contributed by atoms with van der Waals surface area (Å²) < 4.78 is 5.34. The second-order valence-electron chi connectivity index (χ2n) is 7.22. The standard InChI is InChI=1S/C21H29N7O3/c1-13(2)21(30)31-17-9-4-3-8-15(17)27-28-16-10-11-18(25-19(16)24)26-20(29)14(23)7-5-6-12-22/h3-4,8-11,13-14H,5-7,12,22-23H2,1-2H3,(H3,24,25,26,29)/t14-/m0/s1. The monoisotopic (exact) mass is 427 g/mol. The molecule has 0 bridgehead atoms. The second-order valence-corrected chi connectivity index (χ2v) is 7.22. The molecule has 0 aliphatic heterocycles. The summed E-state index contributed by atoms with van der Waals surface area (Å²) in [4.78, 5) is 28.2. The highest BCUT2D eigenvalue weighted by atomic mass is 16.5. The minimum atomic E-state index is -0.654. The van der Waals surface area contributed by atoms with E-state index in [0.717, 1.165) is 12.8 Å². The van der Waals surface area contributed by atoms with E-state index < -0.39 is 6.04 Å². The maximum Gasteiger partial charge on any atom is 0.313 e. The quantitative estimate of drug-likeness (QED) is 0.195. The van der Waals surface area contributed by atoms with Gasteiger partial charge < -0.3 is 27.3 Å². The summed E-state index contributed by atoms with van der Waals surface area (Å²) in [5.41, 5.74) is 17.9. The first kappa shape index (κ1) is 23.9. The summed E-state index contributed by atoms with van der Waals surface area (Å²) >= 11 is 0. The van der Waals surface area contributed by atoms with Crippen molar-refractivity contribution in [2.75, 3.05) is 17.6 Å². The van der Waals surface area contributed by atoms with Gasteiger partial charge in [0.15, 0.2) is 11.6 Å². The third-order valence-corrected chi connectivity index (χ3v) is 4.27. The molecular weight excluding hydrogens is 398 g/mol. The molecule has 0 saturated heterocycles. The maximum absolute atomic E-state index is 12.2. The van der Waals surface area contributed by atoms with Crippen LogP contribution < -0.4 is 27.3 Å². The van der Waals surface area contributed by atoms with Gasteiger partial charge in [-0.3, -0.25) is 9.59 Å². The molecule has 1 heterocycles. The molecule has 10 nitrogen and oxygen atoms in total. The molecule has 0 spiro atoms. The number of nitrogens with zero attached hydrogens (tertiary/aromatic N) is 3. The Morgan fingerprint density at radius 2 is 1.81 bits per heavy atom. The number of carbonyl (C=O) groups excluding carboxylic acids is 2. The fourth-order valence-corrected chi connectivity index (χ4v) is 2.44. The summed E-state index contributed by atoms with van der Waals surface area (Å²) in [6.07, 6.45) is 2.12. The smallest absolute Gasteiger partial charge is 0.313 e. The number of amides is 1. The summed E-state index contributed by atoms with van der Waals surface area (Å²) in [6.45, 7) is 4.05. The number of nitrogens with two attached hydrogens (primary N) is 3. The number of rotatable bonds is 10. The lowest BCUT2D eigenvalue weighted by Gasteiger charge is -2.12. The van der Waals surface area contributed by atoms with Crippen molar-refractivity contribution >= 4 is 34.9 Å². The minimum Gasteiger partial charge on any atom is -0.424 e. The van der Waals surface area contributed by atoms with Crippen LogP contribution in [0.5, 0.6) is 5.75 Å². The van der Waals surface area contributed by atoms with Gasteiger partial charge in [0, 0.05) is 0 Å². The number of nitrogen functional groups attached to an aromatic ring is 1. The van der Waals surface area contributed by atoms with Gasteiger partial charge in [-0.2, -0.15) is 0 Å². The van der Waals surface area contributed by atoms with Crippen molar-refractivity contribution in [3.05, 3.63) is 36.4 Å². The number of anilines is 2. The van der Waals surface area contributed by atoms with Crippen LogP contribution in [0, 0.1) is 5.92 Å². The lowest BCUT2D eigenvalue weighted by Crippen LogP contribution is -2.35. The molecule has 10 heteroatoms. The molecule has 166 valence electrons. The molecule has 7 N–H and O–H groups in total. The third-order valence-electron chi connectivity index (χ3n) is 4.27. The van der Waals surface area contributed by atoms with Crippen molar-refractivity contribution in [3.8, 4) is 5.75 Å². The molecule has 2 rings (SSSR count). The molecule has 0 aliphatic rings. The first-order chi connectivity index (χ1) is 14.8. The van der Waals surface area contributed by atoms with Crippen molar-refractivity contribution in [1.82, 2.24) is 4.98 Å². The number of esters is 1. The number of hydrogen-bond acceptors (Lipinski definition) is 9. The number of para-hydroxylation sites is 1. The van der Waals surface area contributed by atoms with Gasteiger partial charge in [-0.15, -0.1) is 10.2 Å². The SMILES string of the molecule is CC(C)C(=O)Oc1ccccc1N=Nc1ccc(NC(=O)[C@@H](N)CCCCN)nc1N. The van der Waals surface area contributed by atoms with E-state index in [1.807, 2.05) is 0 Å². The van der Waals surface area contributed by atoms with Crippen molar-refractivity contribution in [3.63, 3.8) is 0 Å². The first-order valence-electron chi connectivity index (χ1n) is 10.1. The zero-order chi connectivity index (χ0) is 22.8. The van der Waals surface area contributed by atoms with Crippen LogP contribution in [0.15, 0.2) is 46.6 Å². The van der Waals surface area contributed by atoms with Crippen LogP contribution in [0.25, 0.3) is 0 Å². The van der Waals surface area contributed by atoms with Crippen LogP contribution in [-0.4, -0.2) is 29.4 Å². The van der Waals surface area contributed by atoms with E-state index >= 15 is 0 Å². The predicted molar refractivity (Wildman–Crippen MR) is 119 cm³/mol. The van der Waals surface area contributed by atoms with E-state index in [-0.39, 0.29) is 29.4 Å². The van der Waals surface area contributed by atoms with Crippen LogP contribution in [0.4, 0.5) is 23.0 Å². The molecule has 1 aromatic carbocycles. The van der Waals surface area contributed by atoms with Gasteiger partial charge in [0.25, 0.3) is 0 Å². The van der Waals surface area contributed by atoms with Crippen molar-refractivity contribution < 1.29 is 14.3 Å².